The van der Waals surface area contributed by atoms with Gasteiger partial charge in [0.15, 0.2) is 0 Å². The van der Waals surface area contributed by atoms with Crippen molar-refractivity contribution >= 4 is 22.1 Å². The van der Waals surface area contributed by atoms with Crippen molar-refractivity contribution in [3.63, 3.8) is 0 Å². The zero-order chi connectivity index (χ0) is 16.1. The number of ether oxygens (including phenoxy) is 1. The Labute approximate surface area is 127 Å². The molecule has 1 saturated heterocycles. The maximum atomic E-state index is 12.3. The van der Waals surface area contributed by atoms with Gasteiger partial charge < -0.3 is 9.64 Å². The normalized spacial score (nSPS) is 25.8. The highest BCUT2D eigenvalue weighted by Crippen LogP contribution is 2.32. The summed E-state index contributed by atoms with van der Waals surface area (Å²) in [6.45, 7) is 0.899. The van der Waals surface area contributed by atoms with Crippen molar-refractivity contribution in [1.29, 1.82) is 0 Å². The summed E-state index contributed by atoms with van der Waals surface area (Å²) in [4.78, 5) is 25.9. The van der Waals surface area contributed by atoms with E-state index in [-0.39, 0.29) is 11.6 Å². The van der Waals surface area contributed by atoms with Gasteiger partial charge in [0.05, 0.1) is 0 Å². The van der Waals surface area contributed by atoms with Crippen LogP contribution in [0, 0.1) is 0 Å². The predicted molar refractivity (Wildman–Crippen MR) is 74.9 cm³/mol. The molecule has 0 radical (unpaired) electrons. The molecule has 0 spiro atoms. The monoisotopic (exact) mass is 328 g/mol. The Kier molecular flexibility index (Phi) is 3.46. The number of carbonyl (C=O) groups is 2. The van der Waals surface area contributed by atoms with Gasteiger partial charge in [-0.2, -0.15) is 8.42 Å². The number of amides is 1. The zero-order valence-corrected chi connectivity index (χ0v) is 12.5. The molecule has 120 valence electrons. The smallest absolute Gasteiger partial charge is 0.358 e. The molecule has 2 aliphatic heterocycles. The number of cyclic esters (lactones) is 1. The van der Waals surface area contributed by atoms with Crippen molar-refractivity contribution in [2.75, 3.05) is 13.1 Å². The molecule has 2 bridgehead atoms. The van der Waals surface area contributed by atoms with Crippen LogP contribution in [0.4, 0.5) is 0 Å². The predicted octanol–water partition coefficient (Wildman–Crippen LogP) is -1.30. The van der Waals surface area contributed by atoms with Crippen LogP contribution in [0.2, 0.25) is 0 Å². The largest absolute Gasteiger partial charge is 0.432 e. The van der Waals surface area contributed by atoms with E-state index in [4.69, 9.17) is 15.6 Å². The van der Waals surface area contributed by atoms with Crippen molar-refractivity contribution in [1.82, 2.24) is 8.87 Å². The number of rotatable bonds is 1. The summed E-state index contributed by atoms with van der Waals surface area (Å²) >= 11 is 0. The second-order valence-corrected chi connectivity index (χ2v) is 6.83. The third-order valence-corrected chi connectivity index (χ3v) is 4.85. The molecule has 3 rings (SSSR count). The molecule has 0 saturated carbocycles. The lowest BCUT2D eigenvalue weighted by molar-refractivity contribution is -0.141. The fourth-order valence-electron chi connectivity index (χ4n) is 3.01. The summed E-state index contributed by atoms with van der Waals surface area (Å²) in [5, 5.41) is 5.13. The molecular formula is C12H16N4O5S. The van der Waals surface area contributed by atoms with Crippen LogP contribution in [0.1, 0.15) is 34.8 Å². The molecule has 10 heteroatoms. The van der Waals surface area contributed by atoms with Gasteiger partial charge in [-0.3, -0.25) is 10.5 Å². The van der Waals surface area contributed by atoms with E-state index in [0.717, 1.165) is 12.8 Å². The molecule has 1 unspecified atom stereocenters. The number of hydrogen-bond donors (Lipinski definition) is 2. The molecular weight excluding hydrogens is 312 g/mol. The Hall–Kier alpha value is -1.91. The van der Waals surface area contributed by atoms with Crippen LogP contribution in [0.15, 0.2) is 12.3 Å². The number of nitrogens with zero attached hydrogens (tertiary/aromatic N) is 2. The van der Waals surface area contributed by atoms with Crippen LogP contribution in [0.3, 0.4) is 0 Å². The molecule has 1 amide bonds. The number of fused-ring (bicyclic) bond motifs is 4. The lowest BCUT2D eigenvalue weighted by atomic mass is 9.90. The minimum atomic E-state index is -4.16. The Morgan fingerprint density at radius 1 is 1.32 bits per heavy atom. The standard InChI is InChI=1S/C12H16N4O5S/c13-10-11(17)15-4-1-2-7(6-15)8-3-5-16(22(14,19)20)9(8)12(18)21-10/h3,5,7,10H,1-2,4,6,13H2,(H2,14,19,20)/t7?,10-/m1/s1. The molecule has 1 fully saturated rings. The highest BCUT2D eigenvalue weighted by molar-refractivity contribution is 7.87. The maximum absolute atomic E-state index is 12.3. The van der Waals surface area contributed by atoms with E-state index in [9.17, 15) is 18.0 Å². The summed E-state index contributed by atoms with van der Waals surface area (Å²) in [5.41, 5.74) is 5.93. The fourth-order valence-corrected chi connectivity index (χ4v) is 3.68. The van der Waals surface area contributed by atoms with Crippen LogP contribution < -0.4 is 10.9 Å². The Bertz CT molecular complexity index is 741. The average Bonchev–Trinajstić information content (AvgIpc) is 2.91. The SMILES string of the molecule is N[C@@H]1OC(=O)c2c(ccn2S(N)(=O)=O)C2CCCN(C2)C1=O. The van der Waals surface area contributed by atoms with Gasteiger partial charge in [-0.1, -0.05) is 0 Å². The first kappa shape index (κ1) is 15.0. The summed E-state index contributed by atoms with van der Waals surface area (Å²) in [6.07, 6.45) is 1.22. The first-order valence-electron chi connectivity index (χ1n) is 6.79. The van der Waals surface area contributed by atoms with Gasteiger partial charge in [0.1, 0.15) is 5.69 Å². The van der Waals surface area contributed by atoms with Crippen molar-refractivity contribution < 1.29 is 22.7 Å². The minimum absolute atomic E-state index is 0.159. The van der Waals surface area contributed by atoms with Gasteiger partial charge in [0.2, 0.25) is 6.23 Å². The van der Waals surface area contributed by atoms with E-state index in [2.05, 4.69) is 0 Å². The van der Waals surface area contributed by atoms with Gasteiger partial charge in [0.25, 0.3) is 5.91 Å². The minimum Gasteiger partial charge on any atom is -0.432 e. The zero-order valence-electron chi connectivity index (χ0n) is 11.6. The molecule has 3 heterocycles. The average molecular weight is 328 g/mol. The number of piperidine rings is 1. The molecule has 2 aliphatic rings. The van der Waals surface area contributed by atoms with E-state index in [0.29, 0.717) is 22.6 Å². The molecule has 0 aliphatic carbocycles. The van der Waals surface area contributed by atoms with E-state index in [1.165, 1.54) is 17.2 Å². The van der Waals surface area contributed by atoms with Crippen molar-refractivity contribution in [3.8, 4) is 0 Å². The summed E-state index contributed by atoms with van der Waals surface area (Å²) in [7, 11) is -4.16. The number of hydrogen-bond acceptors (Lipinski definition) is 6. The molecule has 4 N–H and O–H groups in total. The Morgan fingerprint density at radius 3 is 2.73 bits per heavy atom. The lowest BCUT2D eigenvalue weighted by Crippen LogP contribution is -2.48. The molecule has 2 atom stereocenters. The van der Waals surface area contributed by atoms with E-state index >= 15 is 0 Å². The summed E-state index contributed by atoms with van der Waals surface area (Å²) in [5.74, 6) is -1.61. The Morgan fingerprint density at radius 2 is 2.05 bits per heavy atom. The lowest BCUT2D eigenvalue weighted by Gasteiger charge is -2.32. The van der Waals surface area contributed by atoms with Crippen LogP contribution in [-0.2, 0) is 19.7 Å². The van der Waals surface area contributed by atoms with E-state index < -0.39 is 28.3 Å². The molecule has 1 aromatic rings. The van der Waals surface area contributed by atoms with Crippen molar-refractivity contribution in [3.05, 3.63) is 23.5 Å². The van der Waals surface area contributed by atoms with Crippen LogP contribution in [0.25, 0.3) is 0 Å². The first-order chi connectivity index (χ1) is 10.3. The summed E-state index contributed by atoms with van der Waals surface area (Å²) in [6, 6.07) is 1.52. The number of aromatic nitrogens is 1. The molecule has 0 aromatic carbocycles. The molecule has 1 aromatic heterocycles. The summed E-state index contributed by atoms with van der Waals surface area (Å²) < 4.78 is 28.9. The molecule has 22 heavy (non-hydrogen) atoms. The number of nitrogens with two attached hydrogens (primary N) is 2. The van der Waals surface area contributed by atoms with Gasteiger partial charge in [0, 0.05) is 25.2 Å². The van der Waals surface area contributed by atoms with Crippen LogP contribution in [-0.4, -0.2) is 48.5 Å². The first-order valence-corrected chi connectivity index (χ1v) is 8.29. The Balaban J connectivity index is 2.16. The van der Waals surface area contributed by atoms with Crippen molar-refractivity contribution in [2.45, 2.75) is 25.0 Å². The molecule has 9 nitrogen and oxygen atoms in total. The van der Waals surface area contributed by atoms with Crippen molar-refractivity contribution in [2.24, 2.45) is 10.9 Å². The van der Waals surface area contributed by atoms with Gasteiger partial charge in [-0.15, -0.1) is 0 Å². The number of carbonyl (C=O) groups excluding carboxylic acids is 2. The van der Waals surface area contributed by atoms with Gasteiger partial charge in [-0.25, -0.2) is 13.9 Å². The van der Waals surface area contributed by atoms with Gasteiger partial charge >= 0.3 is 16.2 Å². The third-order valence-electron chi connectivity index (χ3n) is 4.00. The maximum Gasteiger partial charge on any atom is 0.358 e. The second kappa shape index (κ2) is 5.07. The van der Waals surface area contributed by atoms with Crippen LogP contribution in [0.5, 0.6) is 0 Å². The number of esters is 1. The fraction of sp³-hybridized carbons (Fsp3) is 0.500. The second-order valence-electron chi connectivity index (χ2n) is 5.41. The highest BCUT2D eigenvalue weighted by atomic mass is 32.2. The highest BCUT2D eigenvalue weighted by Gasteiger charge is 2.37. The topological polar surface area (TPSA) is 138 Å². The van der Waals surface area contributed by atoms with E-state index in [1.54, 1.807) is 0 Å². The van der Waals surface area contributed by atoms with Gasteiger partial charge in [-0.05, 0) is 24.5 Å². The van der Waals surface area contributed by atoms with Crippen LogP contribution >= 0.6 is 0 Å². The van der Waals surface area contributed by atoms with E-state index in [1.807, 2.05) is 0 Å². The third kappa shape index (κ3) is 2.38. The quantitative estimate of drug-likeness (QED) is 0.615.